The molecule has 0 aromatic carbocycles. The van der Waals surface area contributed by atoms with Gasteiger partial charge in [0.25, 0.3) is 0 Å². The molecule has 0 unspecified atom stereocenters. The number of carboxylic acids is 2. The minimum Gasteiger partial charge on any atom is -0.480 e. The van der Waals surface area contributed by atoms with Crippen molar-refractivity contribution in [3.05, 3.63) is 0 Å². The highest BCUT2D eigenvalue weighted by molar-refractivity contribution is 5.69. The second kappa shape index (κ2) is 8.95. The first-order valence-corrected chi connectivity index (χ1v) is 3.63. The van der Waals surface area contributed by atoms with Gasteiger partial charge in [-0.15, -0.1) is 0 Å². The molecule has 0 atom stereocenters. The van der Waals surface area contributed by atoms with Crippen LogP contribution in [0.15, 0.2) is 0 Å². The van der Waals surface area contributed by atoms with Crippen LogP contribution in [0, 0.1) is 0 Å². The molecular weight excluding hydrogens is 176 g/mol. The number of rotatable bonds is 4. The van der Waals surface area contributed by atoms with Gasteiger partial charge in [-0.3, -0.25) is 14.5 Å². The molecule has 0 amide bonds. The third kappa shape index (κ3) is 24.8. The standard InChI is InChI=1S/C4H9NO2.C3H7NO2/c1-5(2)3-4(6)7;1-4-2-3(5)6/h3H2,1-2H3,(H,6,7);4H,2H2,1H3,(H,5,6). The van der Waals surface area contributed by atoms with E-state index in [1.165, 1.54) is 0 Å². The van der Waals surface area contributed by atoms with E-state index in [2.05, 4.69) is 5.32 Å². The van der Waals surface area contributed by atoms with Crippen molar-refractivity contribution in [2.45, 2.75) is 0 Å². The second-order valence-electron chi connectivity index (χ2n) is 2.56. The molecule has 78 valence electrons. The van der Waals surface area contributed by atoms with Gasteiger partial charge in [0, 0.05) is 0 Å². The third-order valence-corrected chi connectivity index (χ3v) is 0.779. The summed E-state index contributed by atoms with van der Waals surface area (Å²) in [5.74, 6) is -1.61. The molecule has 0 spiro atoms. The van der Waals surface area contributed by atoms with Crippen LogP contribution >= 0.6 is 0 Å². The predicted molar refractivity (Wildman–Crippen MR) is 47.8 cm³/mol. The molecule has 0 heterocycles. The topological polar surface area (TPSA) is 89.9 Å². The number of carbonyl (C=O) groups is 2. The molecule has 0 bridgehead atoms. The van der Waals surface area contributed by atoms with Gasteiger partial charge >= 0.3 is 11.9 Å². The number of likely N-dealkylation sites (N-methyl/N-ethyl adjacent to an activating group) is 2. The Bertz CT molecular complexity index is 159. The zero-order valence-corrected chi connectivity index (χ0v) is 8.07. The molecule has 3 N–H and O–H groups in total. The van der Waals surface area contributed by atoms with Crippen LogP contribution in [0.3, 0.4) is 0 Å². The summed E-state index contributed by atoms with van der Waals surface area (Å²) in [4.78, 5) is 20.9. The summed E-state index contributed by atoms with van der Waals surface area (Å²) in [6.07, 6.45) is 0. The molecule has 0 saturated carbocycles. The van der Waals surface area contributed by atoms with Crippen LogP contribution in [0.25, 0.3) is 0 Å². The first-order chi connectivity index (χ1) is 5.90. The number of hydrogen-bond acceptors (Lipinski definition) is 4. The molecule has 0 aliphatic carbocycles. The van der Waals surface area contributed by atoms with Gasteiger partial charge in [-0.1, -0.05) is 0 Å². The van der Waals surface area contributed by atoms with Crippen molar-refractivity contribution < 1.29 is 19.8 Å². The highest BCUT2D eigenvalue weighted by Gasteiger charge is 1.94. The van der Waals surface area contributed by atoms with Crippen LogP contribution in [0.1, 0.15) is 0 Å². The first kappa shape index (κ1) is 14.4. The third-order valence-electron chi connectivity index (χ3n) is 0.779. The van der Waals surface area contributed by atoms with Gasteiger partial charge in [0.1, 0.15) is 0 Å². The monoisotopic (exact) mass is 192 g/mol. The molecule has 6 heteroatoms. The Labute approximate surface area is 77.2 Å². The minimum atomic E-state index is -0.822. The SMILES string of the molecule is CN(C)CC(=O)O.CNCC(=O)O. The predicted octanol–water partition coefficient (Wildman–Crippen LogP) is -1.08. The van der Waals surface area contributed by atoms with Crippen molar-refractivity contribution in [2.75, 3.05) is 34.2 Å². The lowest BCUT2D eigenvalue weighted by Gasteiger charge is -2.01. The van der Waals surface area contributed by atoms with Crippen LogP contribution in [-0.4, -0.2) is 61.3 Å². The average molecular weight is 192 g/mol. The van der Waals surface area contributed by atoms with E-state index in [-0.39, 0.29) is 13.1 Å². The van der Waals surface area contributed by atoms with Crippen LogP contribution in [0.5, 0.6) is 0 Å². The van der Waals surface area contributed by atoms with Crippen molar-refractivity contribution >= 4 is 11.9 Å². The van der Waals surface area contributed by atoms with Crippen LogP contribution in [-0.2, 0) is 9.59 Å². The Balaban J connectivity index is 0. The fourth-order valence-electron chi connectivity index (χ4n) is 0.422. The molecule has 0 aliphatic rings. The number of nitrogens with zero attached hydrogens (tertiary/aromatic N) is 1. The van der Waals surface area contributed by atoms with E-state index in [1.54, 1.807) is 26.0 Å². The lowest BCUT2D eigenvalue weighted by Crippen LogP contribution is -2.20. The van der Waals surface area contributed by atoms with Crippen LogP contribution in [0.4, 0.5) is 0 Å². The van der Waals surface area contributed by atoms with Crippen molar-refractivity contribution in [3.8, 4) is 0 Å². The Hall–Kier alpha value is -1.14. The quantitative estimate of drug-likeness (QED) is 0.525. The summed E-state index contributed by atoms with van der Waals surface area (Å²) in [5, 5.41) is 18.4. The van der Waals surface area contributed by atoms with Gasteiger partial charge < -0.3 is 15.5 Å². The van der Waals surface area contributed by atoms with E-state index in [0.29, 0.717) is 0 Å². The van der Waals surface area contributed by atoms with E-state index in [4.69, 9.17) is 10.2 Å². The summed E-state index contributed by atoms with van der Waals surface area (Å²) >= 11 is 0. The smallest absolute Gasteiger partial charge is 0.317 e. The summed E-state index contributed by atoms with van der Waals surface area (Å²) in [6.45, 7) is 0.153. The fraction of sp³-hybridized carbons (Fsp3) is 0.714. The van der Waals surface area contributed by atoms with Gasteiger partial charge in [0.05, 0.1) is 13.1 Å². The maximum atomic E-state index is 9.77. The minimum absolute atomic E-state index is 0.0417. The summed E-state index contributed by atoms with van der Waals surface area (Å²) < 4.78 is 0. The Morgan fingerprint density at radius 1 is 1.23 bits per heavy atom. The molecule has 0 rings (SSSR count). The molecular formula is C7H16N2O4. The second-order valence-corrected chi connectivity index (χ2v) is 2.56. The van der Waals surface area contributed by atoms with Gasteiger partial charge in [-0.2, -0.15) is 0 Å². The maximum absolute atomic E-state index is 9.77. The van der Waals surface area contributed by atoms with Crippen molar-refractivity contribution in [1.29, 1.82) is 0 Å². The van der Waals surface area contributed by atoms with E-state index in [0.717, 1.165) is 0 Å². The molecule has 0 aliphatic heterocycles. The summed E-state index contributed by atoms with van der Waals surface area (Å²) in [5.41, 5.74) is 0. The lowest BCUT2D eigenvalue weighted by molar-refractivity contribution is -0.138. The Morgan fingerprint density at radius 3 is 1.69 bits per heavy atom. The maximum Gasteiger partial charge on any atom is 0.317 e. The van der Waals surface area contributed by atoms with Gasteiger partial charge in [-0.25, -0.2) is 0 Å². The van der Waals surface area contributed by atoms with Crippen LogP contribution < -0.4 is 5.32 Å². The van der Waals surface area contributed by atoms with Crippen molar-refractivity contribution in [2.24, 2.45) is 0 Å². The number of nitrogens with one attached hydrogen (secondary N) is 1. The van der Waals surface area contributed by atoms with E-state index in [1.807, 2.05) is 0 Å². The van der Waals surface area contributed by atoms with Crippen molar-refractivity contribution in [3.63, 3.8) is 0 Å². The Morgan fingerprint density at radius 2 is 1.69 bits per heavy atom. The van der Waals surface area contributed by atoms with Crippen LogP contribution in [0.2, 0.25) is 0 Å². The molecule has 0 aromatic rings. The van der Waals surface area contributed by atoms with Gasteiger partial charge in [0.2, 0.25) is 0 Å². The zero-order chi connectivity index (χ0) is 10.9. The largest absolute Gasteiger partial charge is 0.480 e. The van der Waals surface area contributed by atoms with E-state index in [9.17, 15) is 9.59 Å². The highest BCUT2D eigenvalue weighted by Crippen LogP contribution is 1.69. The summed E-state index contributed by atoms with van der Waals surface area (Å²) in [7, 11) is 5.02. The number of hydrogen-bond donors (Lipinski definition) is 3. The van der Waals surface area contributed by atoms with E-state index < -0.39 is 11.9 Å². The highest BCUT2D eigenvalue weighted by atomic mass is 16.4. The van der Waals surface area contributed by atoms with Gasteiger partial charge in [0.15, 0.2) is 0 Å². The molecule has 0 aromatic heterocycles. The fourth-order valence-corrected chi connectivity index (χ4v) is 0.422. The average Bonchev–Trinajstić information content (AvgIpc) is 1.83. The molecule has 0 fully saturated rings. The molecule has 0 saturated heterocycles. The molecule has 0 radical (unpaired) electrons. The van der Waals surface area contributed by atoms with Gasteiger partial charge in [-0.05, 0) is 21.1 Å². The molecule has 6 nitrogen and oxygen atoms in total. The molecule has 13 heavy (non-hydrogen) atoms. The Kier molecular flexibility index (Phi) is 9.91. The number of carboxylic acid groups (broad SMARTS) is 2. The van der Waals surface area contributed by atoms with E-state index >= 15 is 0 Å². The lowest BCUT2D eigenvalue weighted by atomic mass is 10.6. The summed E-state index contributed by atoms with van der Waals surface area (Å²) in [6, 6.07) is 0. The first-order valence-electron chi connectivity index (χ1n) is 3.63. The normalized spacial score (nSPS) is 8.92. The van der Waals surface area contributed by atoms with Crippen molar-refractivity contribution in [1.82, 2.24) is 10.2 Å². The zero-order valence-electron chi connectivity index (χ0n) is 8.07. The number of aliphatic carboxylic acids is 2.